The summed E-state index contributed by atoms with van der Waals surface area (Å²) < 4.78 is 0. The number of nitrogens with two attached hydrogens (primary N) is 1. The van der Waals surface area contributed by atoms with E-state index in [9.17, 15) is 4.79 Å². The summed E-state index contributed by atoms with van der Waals surface area (Å²) in [6.07, 6.45) is 0.681. The van der Waals surface area contributed by atoms with Crippen molar-refractivity contribution < 1.29 is 4.79 Å². The van der Waals surface area contributed by atoms with Crippen LogP contribution in [0, 0.1) is 6.92 Å². The lowest BCUT2D eigenvalue weighted by molar-refractivity contribution is -0.123. The lowest BCUT2D eigenvalue weighted by Gasteiger charge is -2.30. The van der Waals surface area contributed by atoms with Gasteiger partial charge in [0.1, 0.15) is 0 Å². The first-order valence-corrected chi connectivity index (χ1v) is 6.73. The van der Waals surface area contributed by atoms with Crippen LogP contribution in [0.1, 0.15) is 25.8 Å². The Labute approximate surface area is 116 Å². The lowest BCUT2D eigenvalue weighted by atomic mass is 9.97. The maximum atomic E-state index is 11.5. The molecule has 1 unspecified atom stereocenters. The molecule has 19 heavy (non-hydrogen) atoms. The summed E-state index contributed by atoms with van der Waals surface area (Å²) in [5.74, 6) is -0.310. The van der Waals surface area contributed by atoms with Gasteiger partial charge in [0, 0.05) is 18.8 Å². The number of likely N-dealkylation sites (N-methyl/N-ethyl adjacent to an activating group) is 1. The van der Waals surface area contributed by atoms with Crippen molar-refractivity contribution >= 4 is 11.6 Å². The summed E-state index contributed by atoms with van der Waals surface area (Å²) in [5.41, 5.74) is 7.22. The maximum Gasteiger partial charge on any atom is 0.237 e. The fourth-order valence-corrected chi connectivity index (χ4v) is 1.96. The molecular weight excluding hydrogens is 238 g/mol. The van der Waals surface area contributed by atoms with E-state index in [1.165, 1.54) is 11.3 Å². The van der Waals surface area contributed by atoms with Crippen molar-refractivity contribution in [3.8, 4) is 0 Å². The number of hydrogen-bond acceptors (Lipinski definition) is 3. The average molecular weight is 263 g/mol. The van der Waals surface area contributed by atoms with Gasteiger partial charge in [0.2, 0.25) is 5.91 Å². The molecule has 0 saturated carbocycles. The van der Waals surface area contributed by atoms with Crippen LogP contribution in [-0.2, 0) is 4.79 Å². The second-order valence-corrected chi connectivity index (χ2v) is 5.11. The van der Waals surface area contributed by atoms with E-state index in [2.05, 4.69) is 48.3 Å². The van der Waals surface area contributed by atoms with Crippen LogP contribution in [0.2, 0.25) is 0 Å². The van der Waals surface area contributed by atoms with Crippen LogP contribution in [0.4, 0.5) is 5.69 Å². The van der Waals surface area contributed by atoms with Gasteiger partial charge in [-0.2, -0.15) is 0 Å². The molecule has 0 radical (unpaired) electrons. The fraction of sp³-hybridized carbons (Fsp3) is 0.533. The molecule has 106 valence electrons. The van der Waals surface area contributed by atoms with E-state index < -0.39 is 5.54 Å². The molecule has 0 aliphatic heterocycles. The van der Waals surface area contributed by atoms with Gasteiger partial charge in [0.05, 0.1) is 5.54 Å². The van der Waals surface area contributed by atoms with E-state index >= 15 is 0 Å². The Balaban J connectivity index is 2.73. The molecule has 1 aromatic carbocycles. The summed E-state index contributed by atoms with van der Waals surface area (Å²) in [6.45, 7) is 7.73. The number of carbonyl (C=O) groups excluding carboxylic acids is 1. The zero-order valence-electron chi connectivity index (χ0n) is 12.4. The molecule has 0 heterocycles. The Morgan fingerprint density at radius 2 is 1.95 bits per heavy atom. The Bertz CT molecular complexity index is 416. The molecule has 0 bridgehead atoms. The number of aryl methyl sites for hydroxylation is 1. The quantitative estimate of drug-likeness (QED) is 0.787. The smallest absolute Gasteiger partial charge is 0.237 e. The zero-order valence-corrected chi connectivity index (χ0v) is 12.4. The summed E-state index contributed by atoms with van der Waals surface area (Å²) >= 11 is 0. The summed E-state index contributed by atoms with van der Waals surface area (Å²) in [6, 6.07) is 8.42. The van der Waals surface area contributed by atoms with Crippen LogP contribution in [-0.4, -0.2) is 31.6 Å². The highest BCUT2D eigenvalue weighted by Crippen LogP contribution is 2.17. The molecule has 1 aromatic rings. The van der Waals surface area contributed by atoms with Gasteiger partial charge in [0.15, 0.2) is 0 Å². The van der Waals surface area contributed by atoms with Crippen molar-refractivity contribution in [2.75, 3.05) is 25.0 Å². The highest BCUT2D eigenvalue weighted by atomic mass is 16.1. The third-order valence-corrected chi connectivity index (χ3v) is 3.76. The summed E-state index contributed by atoms with van der Waals surface area (Å²) in [5, 5.41) is 3.02. The molecular formula is C15H25N3O. The van der Waals surface area contributed by atoms with Crippen LogP contribution in [0.3, 0.4) is 0 Å². The van der Waals surface area contributed by atoms with Gasteiger partial charge in [0.25, 0.3) is 0 Å². The van der Waals surface area contributed by atoms with E-state index in [-0.39, 0.29) is 5.91 Å². The minimum atomic E-state index is -0.655. The molecule has 0 aliphatic carbocycles. The number of benzene rings is 1. The first-order valence-electron chi connectivity index (χ1n) is 6.73. The van der Waals surface area contributed by atoms with E-state index in [0.717, 1.165) is 13.1 Å². The lowest BCUT2D eigenvalue weighted by Crippen LogP contribution is -2.53. The van der Waals surface area contributed by atoms with Crippen LogP contribution in [0.5, 0.6) is 0 Å². The molecule has 4 nitrogen and oxygen atoms in total. The molecule has 4 heteroatoms. The third-order valence-electron chi connectivity index (χ3n) is 3.76. The number of nitrogens with one attached hydrogen (secondary N) is 1. The summed E-state index contributed by atoms with van der Waals surface area (Å²) in [4.78, 5) is 13.7. The minimum absolute atomic E-state index is 0.310. The molecule has 3 N–H and O–H groups in total. The highest BCUT2D eigenvalue weighted by molar-refractivity contribution is 5.84. The molecule has 0 aliphatic rings. The van der Waals surface area contributed by atoms with E-state index in [4.69, 9.17) is 5.73 Å². The van der Waals surface area contributed by atoms with Crippen LogP contribution in [0.25, 0.3) is 0 Å². The van der Waals surface area contributed by atoms with Crippen molar-refractivity contribution in [3.05, 3.63) is 29.8 Å². The van der Waals surface area contributed by atoms with E-state index in [1.807, 2.05) is 6.92 Å². The van der Waals surface area contributed by atoms with Gasteiger partial charge < -0.3 is 16.0 Å². The van der Waals surface area contributed by atoms with Gasteiger partial charge in [-0.15, -0.1) is 0 Å². The largest absolute Gasteiger partial charge is 0.372 e. The standard InChI is InChI=1S/C15H25N3O/c1-5-18(13-8-6-12(2)7-9-13)11-10-15(3,17-4)14(16)19/h6-9,17H,5,10-11H2,1-4H3,(H2,16,19). The van der Waals surface area contributed by atoms with Gasteiger partial charge >= 0.3 is 0 Å². The number of carbonyl (C=O) groups is 1. The Morgan fingerprint density at radius 1 is 1.37 bits per heavy atom. The predicted molar refractivity (Wildman–Crippen MR) is 80.3 cm³/mol. The predicted octanol–water partition coefficient (Wildman–Crippen LogP) is 1.67. The van der Waals surface area contributed by atoms with Crippen LogP contribution in [0.15, 0.2) is 24.3 Å². The molecule has 0 spiro atoms. The van der Waals surface area contributed by atoms with Crippen molar-refractivity contribution in [2.24, 2.45) is 5.73 Å². The van der Waals surface area contributed by atoms with Crippen LogP contribution >= 0.6 is 0 Å². The number of hydrogen-bond donors (Lipinski definition) is 2. The number of amides is 1. The minimum Gasteiger partial charge on any atom is -0.372 e. The fourth-order valence-electron chi connectivity index (χ4n) is 1.96. The average Bonchev–Trinajstić information content (AvgIpc) is 2.40. The van der Waals surface area contributed by atoms with E-state index in [1.54, 1.807) is 7.05 Å². The van der Waals surface area contributed by atoms with Crippen molar-refractivity contribution in [2.45, 2.75) is 32.7 Å². The van der Waals surface area contributed by atoms with Gasteiger partial charge in [-0.1, -0.05) is 17.7 Å². The van der Waals surface area contributed by atoms with Crippen LogP contribution < -0.4 is 16.0 Å². The third kappa shape index (κ3) is 3.96. The molecule has 1 rings (SSSR count). The molecule has 0 fully saturated rings. The van der Waals surface area contributed by atoms with Gasteiger partial charge in [-0.25, -0.2) is 0 Å². The van der Waals surface area contributed by atoms with Crippen molar-refractivity contribution in [1.82, 2.24) is 5.32 Å². The normalized spacial score (nSPS) is 13.9. The second kappa shape index (κ2) is 6.57. The molecule has 0 aromatic heterocycles. The molecule has 1 atom stereocenters. The zero-order chi connectivity index (χ0) is 14.5. The maximum absolute atomic E-state index is 11.5. The SMILES string of the molecule is CCN(CCC(C)(NC)C(N)=O)c1ccc(C)cc1. The first kappa shape index (κ1) is 15.5. The Morgan fingerprint density at radius 3 is 2.37 bits per heavy atom. The number of anilines is 1. The summed E-state index contributed by atoms with van der Waals surface area (Å²) in [7, 11) is 1.77. The Hall–Kier alpha value is -1.55. The molecule has 0 saturated heterocycles. The van der Waals surface area contributed by atoms with E-state index in [0.29, 0.717) is 6.42 Å². The van der Waals surface area contributed by atoms with Gasteiger partial charge in [-0.05, 0) is 46.4 Å². The number of nitrogens with zero attached hydrogens (tertiary/aromatic N) is 1. The Kier molecular flexibility index (Phi) is 5.36. The molecule has 1 amide bonds. The number of rotatable bonds is 7. The number of primary amides is 1. The highest BCUT2D eigenvalue weighted by Gasteiger charge is 2.29. The van der Waals surface area contributed by atoms with Gasteiger partial charge in [-0.3, -0.25) is 4.79 Å². The van der Waals surface area contributed by atoms with Crippen molar-refractivity contribution in [1.29, 1.82) is 0 Å². The second-order valence-electron chi connectivity index (χ2n) is 5.11. The van der Waals surface area contributed by atoms with Crippen molar-refractivity contribution in [3.63, 3.8) is 0 Å². The first-order chi connectivity index (χ1) is 8.92. The monoisotopic (exact) mass is 263 g/mol. The topological polar surface area (TPSA) is 58.4 Å².